The molecule has 3 amide bonds. The van der Waals surface area contributed by atoms with Gasteiger partial charge in [-0.15, -0.1) is 0 Å². The molecule has 0 saturated heterocycles. The molecule has 1 aromatic carbocycles. The van der Waals surface area contributed by atoms with Crippen LogP contribution >= 0.6 is 0 Å². The fraction of sp³-hybridized carbons (Fsp3) is 0.214. The maximum absolute atomic E-state index is 11.5. The number of urea groups is 1. The molecule has 4 N–H and O–H groups in total. The van der Waals surface area contributed by atoms with Gasteiger partial charge in [0, 0.05) is 12.2 Å². The van der Waals surface area contributed by atoms with Gasteiger partial charge >= 0.3 is 6.03 Å². The number of hydrogen-bond acceptors (Lipinski definition) is 4. The number of amides is 3. The second-order valence-corrected chi connectivity index (χ2v) is 4.09. The van der Waals surface area contributed by atoms with Crippen molar-refractivity contribution in [1.82, 2.24) is 10.6 Å². The number of carbonyl (C=O) groups excluding carboxylic acids is 2. The van der Waals surface area contributed by atoms with E-state index in [0.717, 1.165) is 12.0 Å². The first-order chi connectivity index (χ1) is 9.54. The van der Waals surface area contributed by atoms with Gasteiger partial charge < -0.3 is 11.1 Å². The van der Waals surface area contributed by atoms with Gasteiger partial charge in [0.1, 0.15) is 11.6 Å². The van der Waals surface area contributed by atoms with Crippen molar-refractivity contribution in [3.63, 3.8) is 0 Å². The largest absolute Gasteiger partial charge is 0.387 e. The molecule has 20 heavy (non-hydrogen) atoms. The van der Waals surface area contributed by atoms with Crippen LogP contribution in [0.3, 0.4) is 0 Å². The fourth-order valence-electron chi connectivity index (χ4n) is 1.61. The van der Waals surface area contributed by atoms with E-state index in [4.69, 9.17) is 11.0 Å². The normalized spacial score (nSPS) is 11.0. The summed E-state index contributed by atoms with van der Waals surface area (Å²) in [5, 5.41) is 13.8. The average molecular weight is 272 g/mol. The van der Waals surface area contributed by atoms with Gasteiger partial charge in [0.05, 0.1) is 0 Å². The Balaban J connectivity index is 2.60. The highest BCUT2D eigenvalue weighted by Gasteiger charge is 2.13. The topological polar surface area (TPSA) is 108 Å². The summed E-state index contributed by atoms with van der Waals surface area (Å²) >= 11 is 0. The second-order valence-electron chi connectivity index (χ2n) is 4.09. The molecule has 6 nitrogen and oxygen atoms in total. The van der Waals surface area contributed by atoms with Crippen molar-refractivity contribution in [2.75, 3.05) is 6.54 Å². The predicted octanol–water partition coefficient (Wildman–Crippen LogP) is 0.811. The standard InChI is InChI=1S/C14H16N4O2/c1-10(12(9-15)13(19)18-14(16)20)17-8-7-11-5-3-2-4-6-11/h2-6,17H,7-8H2,1H3,(H3,16,18,19,20)/b12-10-. The summed E-state index contributed by atoms with van der Waals surface area (Å²) in [7, 11) is 0. The number of hydrogen-bond donors (Lipinski definition) is 3. The van der Waals surface area contributed by atoms with Crippen LogP contribution in [0.2, 0.25) is 0 Å². The van der Waals surface area contributed by atoms with Gasteiger partial charge in [-0.25, -0.2) is 4.79 Å². The van der Waals surface area contributed by atoms with E-state index < -0.39 is 11.9 Å². The number of benzene rings is 1. The highest BCUT2D eigenvalue weighted by Crippen LogP contribution is 2.02. The third-order valence-corrected chi connectivity index (χ3v) is 2.60. The Labute approximate surface area is 117 Å². The number of nitriles is 1. The van der Waals surface area contributed by atoms with E-state index in [1.54, 1.807) is 13.0 Å². The minimum absolute atomic E-state index is 0.156. The summed E-state index contributed by atoms with van der Waals surface area (Å²) in [6.45, 7) is 2.18. The first-order valence-corrected chi connectivity index (χ1v) is 6.04. The van der Waals surface area contributed by atoms with Crippen molar-refractivity contribution in [2.45, 2.75) is 13.3 Å². The number of allylic oxidation sites excluding steroid dienone is 1. The van der Waals surface area contributed by atoms with Crippen molar-refractivity contribution in [1.29, 1.82) is 5.26 Å². The number of carbonyl (C=O) groups is 2. The molecular formula is C14H16N4O2. The van der Waals surface area contributed by atoms with E-state index in [1.807, 2.05) is 35.6 Å². The van der Waals surface area contributed by atoms with Crippen molar-refractivity contribution >= 4 is 11.9 Å². The van der Waals surface area contributed by atoms with E-state index in [0.29, 0.717) is 12.2 Å². The summed E-state index contributed by atoms with van der Waals surface area (Å²) in [4.78, 5) is 22.1. The van der Waals surface area contributed by atoms with Crippen LogP contribution in [0.15, 0.2) is 41.6 Å². The number of rotatable bonds is 5. The van der Waals surface area contributed by atoms with Gasteiger partial charge in [-0.05, 0) is 18.9 Å². The molecule has 0 aliphatic rings. The lowest BCUT2D eigenvalue weighted by atomic mass is 10.1. The zero-order valence-electron chi connectivity index (χ0n) is 11.1. The number of primary amides is 1. The zero-order chi connectivity index (χ0) is 15.0. The lowest BCUT2D eigenvalue weighted by Gasteiger charge is -2.08. The van der Waals surface area contributed by atoms with E-state index in [1.165, 1.54) is 0 Å². The molecule has 0 bridgehead atoms. The Morgan fingerprint density at radius 2 is 1.95 bits per heavy atom. The fourth-order valence-corrected chi connectivity index (χ4v) is 1.61. The molecule has 0 saturated carbocycles. The van der Waals surface area contributed by atoms with Gasteiger partial charge in [-0.1, -0.05) is 30.3 Å². The van der Waals surface area contributed by atoms with Crippen LogP contribution < -0.4 is 16.4 Å². The molecule has 1 aromatic rings. The molecule has 0 fully saturated rings. The lowest BCUT2D eigenvalue weighted by molar-refractivity contribution is -0.116. The monoisotopic (exact) mass is 272 g/mol. The zero-order valence-corrected chi connectivity index (χ0v) is 11.1. The minimum atomic E-state index is -0.986. The molecule has 0 spiro atoms. The number of nitrogens with zero attached hydrogens (tertiary/aromatic N) is 1. The lowest BCUT2D eigenvalue weighted by Crippen LogP contribution is -2.36. The summed E-state index contributed by atoms with van der Waals surface area (Å²) in [5.41, 5.74) is 6.23. The van der Waals surface area contributed by atoms with Crippen LogP contribution in [-0.2, 0) is 11.2 Å². The molecule has 1 rings (SSSR count). The SMILES string of the molecule is C/C(NCCc1ccccc1)=C(\C#N)C(=O)NC(N)=O. The average Bonchev–Trinajstić information content (AvgIpc) is 2.40. The Kier molecular flexibility index (Phi) is 5.78. The maximum Gasteiger partial charge on any atom is 0.319 e. The summed E-state index contributed by atoms with van der Waals surface area (Å²) in [5.74, 6) is -0.801. The van der Waals surface area contributed by atoms with E-state index >= 15 is 0 Å². The van der Waals surface area contributed by atoms with Crippen LogP contribution in [0, 0.1) is 11.3 Å². The summed E-state index contributed by atoms with van der Waals surface area (Å²) < 4.78 is 0. The van der Waals surface area contributed by atoms with Crippen LogP contribution in [0.1, 0.15) is 12.5 Å². The number of imide groups is 1. The number of nitrogens with two attached hydrogens (primary N) is 1. The summed E-state index contributed by atoms with van der Waals surface area (Å²) in [6.07, 6.45) is 0.758. The Morgan fingerprint density at radius 3 is 2.50 bits per heavy atom. The van der Waals surface area contributed by atoms with E-state index in [2.05, 4.69) is 5.32 Å². The first-order valence-electron chi connectivity index (χ1n) is 6.04. The van der Waals surface area contributed by atoms with Crippen LogP contribution in [0.25, 0.3) is 0 Å². The van der Waals surface area contributed by atoms with Gasteiger partial charge in [-0.2, -0.15) is 5.26 Å². The molecule has 0 aliphatic carbocycles. The molecule has 6 heteroatoms. The first kappa shape index (κ1) is 15.2. The van der Waals surface area contributed by atoms with Crippen molar-refractivity contribution in [3.8, 4) is 6.07 Å². The van der Waals surface area contributed by atoms with E-state index in [-0.39, 0.29) is 5.57 Å². The minimum Gasteiger partial charge on any atom is -0.387 e. The molecule has 0 aromatic heterocycles. The maximum atomic E-state index is 11.5. The third-order valence-electron chi connectivity index (χ3n) is 2.60. The Bertz CT molecular complexity index is 558. The molecule has 0 radical (unpaired) electrons. The highest BCUT2D eigenvalue weighted by molar-refractivity contribution is 6.06. The van der Waals surface area contributed by atoms with Crippen molar-refractivity contribution < 1.29 is 9.59 Å². The predicted molar refractivity (Wildman–Crippen MR) is 74.2 cm³/mol. The molecular weight excluding hydrogens is 256 g/mol. The van der Waals surface area contributed by atoms with Crippen molar-refractivity contribution in [2.24, 2.45) is 5.73 Å². The van der Waals surface area contributed by atoms with Crippen molar-refractivity contribution in [3.05, 3.63) is 47.2 Å². The van der Waals surface area contributed by atoms with Gasteiger partial charge in [0.25, 0.3) is 5.91 Å². The molecule has 0 aliphatic heterocycles. The van der Waals surface area contributed by atoms with Crippen LogP contribution in [0.4, 0.5) is 4.79 Å². The van der Waals surface area contributed by atoms with Gasteiger partial charge in [-0.3, -0.25) is 10.1 Å². The van der Waals surface area contributed by atoms with Gasteiger partial charge in [0.15, 0.2) is 0 Å². The van der Waals surface area contributed by atoms with Crippen LogP contribution in [-0.4, -0.2) is 18.5 Å². The van der Waals surface area contributed by atoms with Gasteiger partial charge in [0.2, 0.25) is 0 Å². The second kappa shape index (κ2) is 7.59. The Morgan fingerprint density at radius 1 is 1.30 bits per heavy atom. The Hall–Kier alpha value is -2.81. The molecule has 104 valence electrons. The van der Waals surface area contributed by atoms with E-state index in [9.17, 15) is 9.59 Å². The molecule has 0 heterocycles. The molecule has 0 atom stereocenters. The number of nitrogens with one attached hydrogen (secondary N) is 2. The molecule has 0 unspecified atom stereocenters. The summed E-state index contributed by atoms with van der Waals surface area (Å²) in [6, 6.07) is 10.6. The highest BCUT2D eigenvalue weighted by atomic mass is 16.2. The smallest absolute Gasteiger partial charge is 0.319 e. The van der Waals surface area contributed by atoms with Crippen LogP contribution in [0.5, 0.6) is 0 Å². The quantitative estimate of drug-likeness (QED) is 0.544. The third kappa shape index (κ3) is 4.82.